The molecule has 0 aliphatic heterocycles. The molecule has 2 N–H and O–H groups in total. The van der Waals surface area contributed by atoms with Crippen LogP contribution in [0.2, 0.25) is 0 Å². The second-order valence-electron chi connectivity index (χ2n) is 4.54. The number of carboxylic acid groups (broad SMARTS) is 1. The Kier molecular flexibility index (Phi) is 5.07. The number of hydrogen-bond acceptors (Lipinski definition) is 5. The van der Waals surface area contributed by atoms with E-state index in [0.29, 0.717) is 12.1 Å². The number of nitrogens with zero attached hydrogens (tertiary/aromatic N) is 1. The van der Waals surface area contributed by atoms with Crippen LogP contribution in [-0.2, 0) is 14.8 Å². The fourth-order valence-electron chi connectivity index (χ4n) is 1.65. The first kappa shape index (κ1) is 15.6. The number of carboxylic acids is 1. The van der Waals surface area contributed by atoms with E-state index in [9.17, 15) is 13.2 Å². The Bertz CT molecular complexity index is 530. The summed E-state index contributed by atoms with van der Waals surface area (Å²) >= 11 is 0. The van der Waals surface area contributed by atoms with Gasteiger partial charge in [0.15, 0.2) is 5.76 Å². The molecule has 1 aromatic heterocycles. The third kappa shape index (κ3) is 4.32. The predicted molar refractivity (Wildman–Crippen MR) is 67.2 cm³/mol. The van der Waals surface area contributed by atoms with Gasteiger partial charge in [-0.3, -0.25) is 4.79 Å². The SMILES string of the molecule is Cc1noc(C)c1S(=O)(=O)NCC(C)CCC(=O)O. The summed E-state index contributed by atoms with van der Waals surface area (Å²) in [5.74, 6) is -0.713. The Balaban J connectivity index is 2.64. The fraction of sp³-hybridized carbons (Fsp3) is 0.636. The zero-order chi connectivity index (χ0) is 14.6. The van der Waals surface area contributed by atoms with Gasteiger partial charge in [0.1, 0.15) is 10.6 Å². The third-order valence-corrected chi connectivity index (χ3v) is 4.38. The molecule has 1 aromatic rings. The summed E-state index contributed by atoms with van der Waals surface area (Å²) in [6.45, 7) is 5.06. The van der Waals surface area contributed by atoms with Gasteiger partial charge in [-0.2, -0.15) is 0 Å². The minimum Gasteiger partial charge on any atom is -0.481 e. The van der Waals surface area contributed by atoms with Crippen molar-refractivity contribution in [1.82, 2.24) is 9.88 Å². The Hall–Kier alpha value is -1.41. The molecule has 0 amide bonds. The molecule has 0 aliphatic rings. The molecule has 19 heavy (non-hydrogen) atoms. The number of nitrogens with one attached hydrogen (secondary N) is 1. The van der Waals surface area contributed by atoms with Gasteiger partial charge in [-0.15, -0.1) is 0 Å². The number of carbonyl (C=O) groups is 1. The molecule has 8 heteroatoms. The summed E-state index contributed by atoms with van der Waals surface area (Å²) < 4.78 is 31.4. The van der Waals surface area contributed by atoms with Crippen molar-refractivity contribution in [3.63, 3.8) is 0 Å². The molecule has 0 fully saturated rings. The largest absolute Gasteiger partial charge is 0.481 e. The maximum absolute atomic E-state index is 12.1. The summed E-state index contributed by atoms with van der Waals surface area (Å²) in [5.41, 5.74) is 0.309. The van der Waals surface area contributed by atoms with Crippen molar-refractivity contribution in [1.29, 1.82) is 0 Å². The average molecular weight is 290 g/mol. The zero-order valence-electron chi connectivity index (χ0n) is 11.1. The second kappa shape index (κ2) is 6.16. The molecule has 108 valence electrons. The Morgan fingerprint density at radius 3 is 2.58 bits per heavy atom. The Morgan fingerprint density at radius 2 is 2.11 bits per heavy atom. The second-order valence-corrected chi connectivity index (χ2v) is 6.25. The van der Waals surface area contributed by atoms with E-state index in [0.717, 1.165) is 0 Å². The van der Waals surface area contributed by atoms with E-state index in [2.05, 4.69) is 9.88 Å². The molecule has 0 spiro atoms. The van der Waals surface area contributed by atoms with Gasteiger partial charge in [0, 0.05) is 13.0 Å². The first-order valence-corrected chi connectivity index (χ1v) is 7.36. The topological polar surface area (TPSA) is 110 Å². The van der Waals surface area contributed by atoms with Crippen LogP contribution < -0.4 is 4.72 Å². The number of aryl methyl sites for hydroxylation is 2. The van der Waals surface area contributed by atoms with Crippen molar-refractivity contribution in [2.75, 3.05) is 6.54 Å². The quantitative estimate of drug-likeness (QED) is 0.777. The first-order chi connectivity index (χ1) is 8.74. The molecular weight excluding hydrogens is 272 g/mol. The van der Waals surface area contributed by atoms with Gasteiger partial charge in [-0.05, 0) is 26.2 Å². The van der Waals surface area contributed by atoms with Crippen molar-refractivity contribution in [3.8, 4) is 0 Å². The van der Waals surface area contributed by atoms with E-state index < -0.39 is 16.0 Å². The summed E-state index contributed by atoms with van der Waals surface area (Å²) in [6.07, 6.45) is 0.438. The van der Waals surface area contributed by atoms with Crippen LogP contribution in [0.1, 0.15) is 31.2 Å². The van der Waals surface area contributed by atoms with Crippen LogP contribution in [0.4, 0.5) is 0 Å². The van der Waals surface area contributed by atoms with E-state index in [1.807, 2.05) is 0 Å². The predicted octanol–water partition coefficient (Wildman–Crippen LogP) is 1.07. The van der Waals surface area contributed by atoms with Crippen molar-refractivity contribution in [2.45, 2.75) is 38.5 Å². The normalized spacial score (nSPS) is 13.4. The van der Waals surface area contributed by atoms with Gasteiger partial charge >= 0.3 is 5.97 Å². The molecule has 1 heterocycles. The number of sulfonamides is 1. The molecule has 1 unspecified atom stereocenters. The van der Waals surface area contributed by atoms with Crippen LogP contribution >= 0.6 is 0 Å². The lowest BCUT2D eigenvalue weighted by Crippen LogP contribution is -2.29. The number of aromatic nitrogens is 1. The van der Waals surface area contributed by atoms with Crippen molar-refractivity contribution in [2.24, 2.45) is 5.92 Å². The van der Waals surface area contributed by atoms with E-state index in [-0.39, 0.29) is 29.5 Å². The lowest BCUT2D eigenvalue weighted by molar-refractivity contribution is -0.137. The van der Waals surface area contributed by atoms with E-state index in [1.165, 1.54) is 6.92 Å². The molecule has 1 rings (SSSR count). The highest BCUT2D eigenvalue weighted by Gasteiger charge is 2.24. The summed E-state index contributed by atoms with van der Waals surface area (Å²) in [4.78, 5) is 10.5. The van der Waals surface area contributed by atoms with Crippen LogP contribution in [0, 0.1) is 19.8 Å². The molecule has 7 nitrogen and oxygen atoms in total. The van der Waals surface area contributed by atoms with Crippen molar-refractivity contribution in [3.05, 3.63) is 11.5 Å². The summed E-state index contributed by atoms with van der Waals surface area (Å²) in [7, 11) is -3.67. The molecule has 0 radical (unpaired) electrons. The fourth-order valence-corrected chi connectivity index (χ4v) is 3.14. The summed E-state index contributed by atoms with van der Waals surface area (Å²) in [5, 5.41) is 12.2. The molecular formula is C11H18N2O5S. The maximum atomic E-state index is 12.1. The zero-order valence-corrected chi connectivity index (χ0v) is 12.0. The highest BCUT2D eigenvalue weighted by molar-refractivity contribution is 7.89. The molecule has 0 bridgehead atoms. The van der Waals surface area contributed by atoms with Crippen molar-refractivity contribution >= 4 is 16.0 Å². The highest BCUT2D eigenvalue weighted by atomic mass is 32.2. The Morgan fingerprint density at radius 1 is 1.47 bits per heavy atom. The monoisotopic (exact) mass is 290 g/mol. The van der Waals surface area contributed by atoms with Crippen LogP contribution in [0.3, 0.4) is 0 Å². The molecule has 0 aromatic carbocycles. The first-order valence-electron chi connectivity index (χ1n) is 5.88. The van der Waals surface area contributed by atoms with Gasteiger partial charge in [0.2, 0.25) is 10.0 Å². The third-order valence-electron chi connectivity index (χ3n) is 2.71. The van der Waals surface area contributed by atoms with Crippen LogP contribution in [0.15, 0.2) is 9.42 Å². The van der Waals surface area contributed by atoms with Gasteiger partial charge in [-0.1, -0.05) is 12.1 Å². The molecule has 0 aliphatic carbocycles. The van der Waals surface area contributed by atoms with E-state index in [4.69, 9.17) is 9.63 Å². The van der Waals surface area contributed by atoms with Gasteiger partial charge in [0.25, 0.3) is 0 Å². The van der Waals surface area contributed by atoms with E-state index >= 15 is 0 Å². The molecule has 0 saturated heterocycles. The van der Waals surface area contributed by atoms with Crippen molar-refractivity contribution < 1.29 is 22.8 Å². The lowest BCUT2D eigenvalue weighted by Gasteiger charge is -2.11. The van der Waals surface area contributed by atoms with Crippen LogP contribution in [0.5, 0.6) is 0 Å². The number of rotatable bonds is 7. The standard InChI is InChI=1S/C11H18N2O5S/c1-7(4-5-10(14)15)6-12-19(16,17)11-8(2)13-18-9(11)3/h7,12H,4-6H2,1-3H3,(H,14,15). The summed E-state index contributed by atoms with van der Waals surface area (Å²) in [6, 6.07) is 0. The van der Waals surface area contributed by atoms with Gasteiger partial charge in [-0.25, -0.2) is 13.1 Å². The Labute approximate surface area is 112 Å². The minimum absolute atomic E-state index is 0.0220. The lowest BCUT2D eigenvalue weighted by atomic mass is 10.1. The van der Waals surface area contributed by atoms with Crippen LogP contribution in [-0.4, -0.2) is 31.2 Å². The average Bonchev–Trinajstić information content (AvgIpc) is 2.64. The number of aliphatic carboxylic acids is 1. The highest BCUT2D eigenvalue weighted by Crippen LogP contribution is 2.18. The van der Waals surface area contributed by atoms with Crippen LogP contribution in [0.25, 0.3) is 0 Å². The maximum Gasteiger partial charge on any atom is 0.303 e. The minimum atomic E-state index is -3.67. The molecule has 1 atom stereocenters. The van der Waals surface area contributed by atoms with Gasteiger partial charge in [0.05, 0.1) is 0 Å². The number of hydrogen-bond donors (Lipinski definition) is 2. The van der Waals surface area contributed by atoms with E-state index in [1.54, 1.807) is 13.8 Å². The van der Waals surface area contributed by atoms with Gasteiger partial charge < -0.3 is 9.63 Å². The molecule has 0 saturated carbocycles. The smallest absolute Gasteiger partial charge is 0.303 e.